The van der Waals surface area contributed by atoms with Gasteiger partial charge >= 0.3 is 11.9 Å². The monoisotopic (exact) mass is 447 g/mol. The average molecular weight is 447 g/mol. The summed E-state index contributed by atoms with van der Waals surface area (Å²) in [6.45, 7) is 0.0231. The number of carbonyl (C=O) groups is 2. The van der Waals surface area contributed by atoms with Crippen LogP contribution in [0.5, 0.6) is 11.5 Å². The molecule has 0 amide bonds. The van der Waals surface area contributed by atoms with E-state index in [4.69, 9.17) is 19.9 Å². The largest absolute Gasteiger partial charge is 0.493 e. The highest BCUT2D eigenvalue weighted by molar-refractivity contribution is 5.95. The van der Waals surface area contributed by atoms with Gasteiger partial charge in [-0.3, -0.25) is 9.59 Å². The highest BCUT2D eigenvalue weighted by Crippen LogP contribution is 2.44. The second kappa shape index (κ2) is 9.34. The molecule has 3 N–H and O–H groups in total. The Morgan fingerprint density at radius 3 is 2.03 bits per heavy atom. The second-order valence-electron chi connectivity index (χ2n) is 7.81. The number of hydrogen-bond donors (Lipinski definition) is 2. The van der Waals surface area contributed by atoms with Gasteiger partial charge in [0.15, 0.2) is 17.4 Å². The molecule has 0 bridgehead atoms. The number of nitrogens with two attached hydrogens (primary N) is 1. The normalized spacial score (nSPS) is 14.0. The van der Waals surface area contributed by atoms with Crippen molar-refractivity contribution in [2.75, 3.05) is 20.8 Å². The molecule has 33 heavy (non-hydrogen) atoms. The Hall–Kier alpha value is -3.84. The fourth-order valence-corrected chi connectivity index (χ4v) is 4.35. The van der Waals surface area contributed by atoms with Crippen molar-refractivity contribution in [2.45, 2.75) is 12.0 Å². The van der Waals surface area contributed by atoms with Crippen LogP contribution >= 0.6 is 0 Å². The lowest BCUT2D eigenvalue weighted by atomic mass is 9.93. The Balaban J connectivity index is 1.55. The van der Waals surface area contributed by atoms with E-state index in [-0.39, 0.29) is 12.5 Å². The molecule has 3 aromatic rings. The van der Waals surface area contributed by atoms with Gasteiger partial charge in [-0.05, 0) is 39.9 Å². The SMILES string of the molecule is COc1ccc(C(N)[C@@H](C(=O)O)C(=O)OCC2c3ccccc3-c3ccccc32)cc1OC. The van der Waals surface area contributed by atoms with Crippen LogP contribution in [0.2, 0.25) is 0 Å². The number of methoxy groups -OCH3 is 2. The van der Waals surface area contributed by atoms with Gasteiger partial charge in [0.1, 0.15) is 6.61 Å². The van der Waals surface area contributed by atoms with E-state index in [0.717, 1.165) is 22.3 Å². The van der Waals surface area contributed by atoms with E-state index in [0.29, 0.717) is 17.1 Å². The molecule has 0 aliphatic heterocycles. The highest BCUT2D eigenvalue weighted by atomic mass is 16.5. The summed E-state index contributed by atoms with van der Waals surface area (Å²) in [5.74, 6) is -3.12. The third-order valence-corrected chi connectivity index (χ3v) is 6.03. The number of carboxylic acids is 1. The van der Waals surface area contributed by atoms with E-state index >= 15 is 0 Å². The Morgan fingerprint density at radius 1 is 0.909 bits per heavy atom. The zero-order valence-corrected chi connectivity index (χ0v) is 18.4. The van der Waals surface area contributed by atoms with Crippen molar-refractivity contribution in [1.82, 2.24) is 0 Å². The Bertz CT molecular complexity index is 1150. The van der Waals surface area contributed by atoms with E-state index in [1.165, 1.54) is 14.2 Å². The van der Waals surface area contributed by atoms with E-state index in [1.54, 1.807) is 18.2 Å². The molecule has 1 aliphatic carbocycles. The van der Waals surface area contributed by atoms with E-state index in [1.807, 2.05) is 48.5 Å². The van der Waals surface area contributed by atoms with Crippen LogP contribution in [0.25, 0.3) is 11.1 Å². The van der Waals surface area contributed by atoms with E-state index < -0.39 is 23.9 Å². The van der Waals surface area contributed by atoms with Crippen LogP contribution in [-0.2, 0) is 14.3 Å². The van der Waals surface area contributed by atoms with Gasteiger partial charge in [0.25, 0.3) is 0 Å². The van der Waals surface area contributed by atoms with Crippen molar-refractivity contribution >= 4 is 11.9 Å². The summed E-state index contributed by atoms with van der Waals surface area (Å²) in [5, 5.41) is 9.77. The molecule has 1 unspecified atom stereocenters. The quantitative estimate of drug-likeness (QED) is 0.400. The summed E-state index contributed by atoms with van der Waals surface area (Å²) >= 11 is 0. The summed E-state index contributed by atoms with van der Waals surface area (Å²) < 4.78 is 16.0. The molecule has 4 rings (SSSR count). The van der Waals surface area contributed by atoms with Gasteiger partial charge in [-0.2, -0.15) is 0 Å². The van der Waals surface area contributed by atoms with Crippen molar-refractivity contribution in [3.05, 3.63) is 83.4 Å². The van der Waals surface area contributed by atoms with E-state index in [2.05, 4.69) is 0 Å². The number of fused-ring (bicyclic) bond motifs is 3. The minimum Gasteiger partial charge on any atom is -0.493 e. The smallest absolute Gasteiger partial charge is 0.322 e. The summed E-state index contributed by atoms with van der Waals surface area (Å²) in [5.41, 5.74) is 10.9. The van der Waals surface area contributed by atoms with E-state index in [9.17, 15) is 14.7 Å². The lowest BCUT2D eigenvalue weighted by Crippen LogP contribution is -2.36. The number of hydrogen-bond acceptors (Lipinski definition) is 6. The number of carboxylic acid groups (broad SMARTS) is 1. The molecular weight excluding hydrogens is 422 g/mol. The Morgan fingerprint density at radius 2 is 1.48 bits per heavy atom. The number of benzene rings is 3. The van der Waals surface area contributed by atoms with Gasteiger partial charge in [0.05, 0.1) is 20.3 Å². The molecule has 3 aromatic carbocycles. The third-order valence-electron chi connectivity index (χ3n) is 6.03. The molecule has 7 nitrogen and oxygen atoms in total. The maximum absolute atomic E-state index is 12.9. The van der Waals surface area contributed by atoms with Crippen molar-refractivity contribution < 1.29 is 28.9 Å². The molecule has 0 heterocycles. The van der Waals surface area contributed by atoms with Crippen LogP contribution in [0.1, 0.15) is 28.7 Å². The number of rotatable bonds is 8. The minimum absolute atomic E-state index is 0.0231. The number of carbonyl (C=O) groups excluding carboxylic acids is 1. The molecule has 170 valence electrons. The molecule has 2 atom stereocenters. The van der Waals surface area contributed by atoms with Gasteiger partial charge < -0.3 is 25.1 Å². The van der Waals surface area contributed by atoms with Crippen molar-refractivity contribution in [1.29, 1.82) is 0 Å². The fraction of sp³-hybridized carbons (Fsp3) is 0.231. The van der Waals surface area contributed by atoms with Crippen LogP contribution in [-0.4, -0.2) is 37.9 Å². The molecule has 0 aromatic heterocycles. The predicted molar refractivity (Wildman–Crippen MR) is 122 cm³/mol. The number of esters is 1. The topological polar surface area (TPSA) is 108 Å². The first-order valence-corrected chi connectivity index (χ1v) is 10.5. The molecule has 0 fully saturated rings. The fourth-order valence-electron chi connectivity index (χ4n) is 4.35. The van der Waals surface area contributed by atoms with Crippen LogP contribution in [0.15, 0.2) is 66.7 Å². The van der Waals surface area contributed by atoms with Gasteiger partial charge in [-0.25, -0.2) is 0 Å². The zero-order chi connectivity index (χ0) is 23.5. The first-order chi connectivity index (χ1) is 16.0. The summed E-state index contributed by atoms with van der Waals surface area (Å²) in [4.78, 5) is 24.9. The first kappa shape index (κ1) is 22.4. The van der Waals surface area contributed by atoms with Crippen molar-refractivity contribution in [3.63, 3.8) is 0 Å². The maximum Gasteiger partial charge on any atom is 0.322 e. The van der Waals surface area contributed by atoms with Gasteiger partial charge in [0.2, 0.25) is 0 Å². The molecule has 1 aliphatic rings. The summed E-state index contributed by atoms with van der Waals surface area (Å²) in [6.07, 6.45) is 0. The predicted octanol–water partition coefficient (Wildman–Crippen LogP) is 3.76. The Labute approximate surface area is 191 Å². The van der Waals surface area contributed by atoms with Crippen molar-refractivity contribution in [2.24, 2.45) is 11.7 Å². The minimum atomic E-state index is -1.57. The summed E-state index contributed by atoms with van der Waals surface area (Å²) in [6, 6.07) is 19.5. The first-order valence-electron chi connectivity index (χ1n) is 10.5. The van der Waals surface area contributed by atoms with Gasteiger partial charge in [-0.1, -0.05) is 54.6 Å². The number of aliphatic carboxylic acids is 1. The van der Waals surface area contributed by atoms with Crippen LogP contribution in [0.3, 0.4) is 0 Å². The average Bonchev–Trinajstić information content (AvgIpc) is 3.15. The molecule has 0 spiro atoms. The van der Waals surface area contributed by atoms with Gasteiger partial charge in [0, 0.05) is 5.92 Å². The Kier molecular flexibility index (Phi) is 6.33. The standard InChI is InChI=1S/C26H25NO6/c1-31-21-12-11-15(13-22(21)32-2)24(27)23(25(28)29)26(30)33-14-20-18-9-5-3-7-16(18)17-8-4-6-10-19(17)20/h3-13,20,23-24H,14,27H2,1-2H3,(H,28,29)/t23-,24?/m0/s1. The molecular formula is C26H25NO6. The maximum atomic E-state index is 12.9. The zero-order valence-electron chi connectivity index (χ0n) is 18.4. The summed E-state index contributed by atoms with van der Waals surface area (Å²) in [7, 11) is 2.96. The molecule has 0 saturated heterocycles. The molecule has 0 radical (unpaired) electrons. The second-order valence-corrected chi connectivity index (χ2v) is 7.81. The van der Waals surface area contributed by atoms with Crippen LogP contribution in [0.4, 0.5) is 0 Å². The van der Waals surface area contributed by atoms with Crippen LogP contribution in [0, 0.1) is 5.92 Å². The lowest BCUT2D eigenvalue weighted by molar-refractivity contribution is -0.160. The third kappa shape index (κ3) is 4.15. The van der Waals surface area contributed by atoms with Gasteiger partial charge in [-0.15, -0.1) is 0 Å². The molecule has 0 saturated carbocycles. The molecule has 7 heteroatoms. The lowest BCUT2D eigenvalue weighted by Gasteiger charge is -2.22. The van der Waals surface area contributed by atoms with Crippen molar-refractivity contribution in [3.8, 4) is 22.6 Å². The highest BCUT2D eigenvalue weighted by Gasteiger charge is 2.37. The van der Waals surface area contributed by atoms with Crippen LogP contribution < -0.4 is 15.2 Å². The number of ether oxygens (including phenoxy) is 3.